The molecule has 0 saturated carbocycles. The Bertz CT molecular complexity index is 305. The van der Waals surface area contributed by atoms with Crippen LogP contribution in [-0.2, 0) is 14.6 Å². The van der Waals surface area contributed by atoms with E-state index in [9.17, 15) is 4.79 Å². The molecular formula is C15H28O3Si. The Kier molecular flexibility index (Phi) is 10.5. The second-order valence-electron chi connectivity index (χ2n) is 4.65. The minimum absolute atomic E-state index is 0.162. The third kappa shape index (κ3) is 8.00. The van der Waals surface area contributed by atoms with Gasteiger partial charge in [0.25, 0.3) is 0 Å². The summed E-state index contributed by atoms with van der Waals surface area (Å²) >= 11 is 0. The molecule has 0 aromatic heterocycles. The third-order valence-corrected chi connectivity index (χ3v) is 3.81. The molecule has 1 unspecified atom stereocenters. The van der Waals surface area contributed by atoms with Crippen LogP contribution in [0, 0.1) is 0 Å². The van der Waals surface area contributed by atoms with E-state index in [-0.39, 0.29) is 6.10 Å². The van der Waals surface area contributed by atoms with Crippen molar-refractivity contribution >= 4 is 16.2 Å². The van der Waals surface area contributed by atoms with Crippen molar-refractivity contribution in [2.75, 3.05) is 0 Å². The van der Waals surface area contributed by atoms with Gasteiger partial charge in [0.1, 0.15) is 6.10 Å². The van der Waals surface area contributed by atoms with Gasteiger partial charge in [0.15, 0.2) is 0 Å². The van der Waals surface area contributed by atoms with Gasteiger partial charge in [-0.2, -0.15) is 4.89 Å². The van der Waals surface area contributed by atoms with Crippen LogP contribution in [0.15, 0.2) is 23.8 Å². The standard InChI is InChI=1S/C15H28O3Si/c1-5-13(6-2)11-14(7-3)17-18-15(16)12(4)9-8-10-19/h11,14H,4-10H2,1-3,19H3. The zero-order valence-electron chi connectivity index (χ0n) is 12.8. The van der Waals surface area contributed by atoms with Crippen LogP contribution in [0.5, 0.6) is 0 Å². The average Bonchev–Trinajstić information content (AvgIpc) is 2.44. The Morgan fingerprint density at radius 2 is 1.95 bits per heavy atom. The molecule has 0 aromatic carbocycles. The van der Waals surface area contributed by atoms with Gasteiger partial charge in [0.2, 0.25) is 0 Å². The van der Waals surface area contributed by atoms with Gasteiger partial charge in [0, 0.05) is 15.8 Å². The zero-order chi connectivity index (χ0) is 14.7. The maximum absolute atomic E-state index is 11.6. The van der Waals surface area contributed by atoms with Crippen molar-refractivity contribution in [1.29, 1.82) is 0 Å². The van der Waals surface area contributed by atoms with E-state index in [0.717, 1.165) is 35.9 Å². The normalized spacial score (nSPS) is 11.9. The Morgan fingerprint density at radius 3 is 2.42 bits per heavy atom. The summed E-state index contributed by atoms with van der Waals surface area (Å²) in [6.45, 7) is 9.97. The van der Waals surface area contributed by atoms with E-state index in [0.29, 0.717) is 12.0 Å². The fourth-order valence-electron chi connectivity index (χ4n) is 1.62. The second kappa shape index (κ2) is 11.0. The molecule has 0 fully saturated rings. The molecule has 0 amide bonds. The second-order valence-corrected chi connectivity index (χ2v) is 5.65. The number of carbonyl (C=O) groups is 1. The number of hydrogen-bond donors (Lipinski definition) is 0. The SMILES string of the molecule is C=C(CCC[SiH3])C(=O)OOC(C=C(CC)CC)CC. The fourth-order valence-corrected chi connectivity index (χ4v) is 1.97. The molecule has 0 heterocycles. The molecule has 0 aliphatic heterocycles. The van der Waals surface area contributed by atoms with Crippen LogP contribution >= 0.6 is 0 Å². The number of allylic oxidation sites excluding steroid dienone is 1. The summed E-state index contributed by atoms with van der Waals surface area (Å²) in [5.41, 5.74) is 1.82. The maximum atomic E-state index is 11.6. The Labute approximate surface area is 120 Å². The van der Waals surface area contributed by atoms with Crippen molar-refractivity contribution in [2.24, 2.45) is 0 Å². The van der Waals surface area contributed by atoms with E-state index in [1.165, 1.54) is 11.6 Å². The van der Waals surface area contributed by atoms with Crippen molar-refractivity contribution < 1.29 is 14.6 Å². The van der Waals surface area contributed by atoms with Crippen molar-refractivity contribution in [3.63, 3.8) is 0 Å². The molecule has 110 valence electrons. The summed E-state index contributed by atoms with van der Waals surface area (Å²) in [6, 6.07) is 1.17. The van der Waals surface area contributed by atoms with E-state index in [4.69, 9.17) is 9.78 Å². The molecule has 19 heavy (non-hydrogen) atoms. The summed E-state index contributed by atoms with van der Waals surface area (Å²) in [4.78, 5) is 21.7. The molecule has 0 saturated heterocycles. The van der Waals surface area contributed by atoms with Gasteiger partial charge in [0.05, 0.1) is 0 Å². The van der Waals surface area contributed by atoms with Gasteiger partial charge in [-0.15, -0.1) is 0 Å². The quantitative estimate of drug-likeness (QED) is 0.203. The average molecular weight is 284 g/mol. The molecule has 3 nitrogen and oxygen atoms in total. The smallest absolute Gasteiger partial charge is 0.293 e. The van der Waals surface area contributed by atoms with Gasteiger partial charge >= 0.3 is 5.97 Å². The van der Waals surface area contributed by atoms with E-state index in [1.54, 1.807) is 0 Å². The highest BCUT2D eigenvalue weighted by atomic mass is 28.1. The molecule has 0 rings (SSSR count). The molecule has 0 bridgehead atoms. The van der Waals surface area contributed by atoms with Crippen molar-refractivity contribution in [3.05, 3.63) is 23.8 Å². The lowest BCUT2D eigenvalue weighted by Crippen LogP contribution is -2.15. The molecule has 0 spiro atoms. The van der Waals surface area contributed by atoms with Gasteiger partial charge in [-0.1, -0.05) is 51.5 Å². The molecule has 1 atom stereocenters. The van der Waals surface area contributed by atoms with Crippen LogP contribution in [0.1, 0.15) is 52.9 Å². The fraction of sp³-hybridized carbons (Fsp3) is 0.667. The maximum Gasteiger partial charge on any atom is 0.368 e. The van der Waals surface area contributed by atoms with Gasteiger partial charge in [-0.3, -0.25) is 4.89 Å². The van der Waals surface area contributed by atoms with Crippen molar-refractivity contribution in [1.82, 2.24) is 0 Å². The van der Waals surface area contributed by atoms with Crippen LogP contribution in [-0.4, -0.2) is 22.3 Å². The zero-order valence-corrected chi connectivity index (χ0v) is 14.8. The molecule has 4 heteroatoms. The Balaban J connectivity index is 4.24. The summed E-state index contributed by atoms with van der Waals surface area (Å²) in [5.74, 6) is -0.434. The van der Waals surface area contributed by atoms with E-state index < -0.39 is 5.97 Å². The van der Waals surface area contributed by atoms with Crippen molar-refractivity contribution in [2.45, 2.75) is 65.0 Å². The largest absolute Gasteiger partial charge is 0.368 e. The Morgan fingerprint density at radius 1 is 1.32 bits per heavy atom. The lowest BCUT2D eigenvalue weighted by atomic mass is 10.1. The van der Waals surface area contributed by atoms with Crippen molar-refractivity contribution in [3.8, 4) is 0 Å². The van der Waals surface area contributed by atoms with Crippen LogP contribution in [0.3, 0.4) is 0 Å². The minimum atomic E-state index is -0.434. The predicted molar refractivity (Wildman–Crippen MR) is 83.0 cm³/mol. The molecule has 0 radical (unpaired) electrons. The lowest BCUT2D eigenvalue weighted by Gasteiger charge is -2.13. The summed E-state index contributed by atoms with van der Waals surface area (Å²) in [5, 5.41) is 0. The van der Waals surface area contributed by atoms with Gasteiger partial charge < -0.3 is 0 Å². The first-order chi connectivity index (χ1) is 9.08. The molecule has 0 N–H and O–H groups in total. The summed E-state index contributed by atoms with van der Waals surface area (Å²) in [7, 11) is 1.16. The van der Waals surface area contributed by atoms with Gasteiger partial charge in [-0.05, 0) is 25.7 Å². The number of hydrogen-bond acceptors (Lipinski definition) is 3. The first-order valence-electron chi connectivity index (χ1n) is 7.33. The Hall–Kier alpha value is -0.873. The van der Waals surface area contributed by atoms with E-state index in [1.807, 2.05) is 13.0 Å². The molecular weight excluding hydrogens is 256 g/mol. The number of rotatable bonds is 10. The number of carbonyl (C=O) groups excluding carboxylic acids is 1. The monoisotopic (exact) mass is 284 g/mol. The highest BCUT2D eigenvalue weighted by Crippen LogP contribution is 2.13. The predicted octanol–water partition coefficient (Wildman–Crippen LogP) is 3.11. The molecule has 0 aromatic rings. The minimum Gasteiger partial charge on any atom is -0.293 e. The van der Waals surface area contributed by atoms with Crippen LogP contribution in [0.4, 0.5) is 0 Å². The first kappa shape index (κ1) is 18.1. The molecule has 0 aliphatic carbocycles. The highest BCUT2D eigenvalue weighted by molar-refractivity contribution is 6.08. The van der Waals surface area contributed by atoms with Crippen LogP contribution in [0.25, 0.3) is 0 Å². The molecule has 0 aliphatic rings. The topological polar surface area (TPSA) is 35.5 Å². The van der Waals surface area contributed by atoms with Gasteiger partial charge in [-0.25, -0.2) is 4.79 Å². The third-order valence-electron chi connectivity index (χ3n) is 3.10. The summed E-state index contributed by atoms with van der Waals surface area (Å²) < 4.78 is 0. The highest BCUT2D eigenvalue weighted by Gasteiger charge is 2.13. The first-order valence-corrected chi connectivity index (χ1v) is 8.75. The van der Waals surface area contributed by atoms with E-state index in [2.05, 4.69) is 20.4 Å². The van der Waals surface area contributed by atoms with E-state index >= 15 is 0 Å². The lowest BCUT2D eigenvalue weighted by molar-refractivity contribution is -0.285. The van der Waals surface area contributed by atoms with Crippen LogP contribution < -0.4 is 0 Å². The van der Waals surface area contributed by atoms with Crippen LogP contribution in [0.2, 0.25) is 6.04 Å². The summed E-state index contributed by atoms with van der Waals surface area (Å²) in [6.07, 6.45) is 6.37.